The number of aliphatic hydroxyl groups excluding tert-OH is 1. The Bertz CT molecular complexity index is 433. The number of benzene rings is 1. The van der Waals surface area contributed by atoms with E-state index in [1.54, 1.807) is 27.7 Å². The Morgan fingerprint density at radius 3 is 2.00 bits per heavy atom. The van der Waals surface area contributed by atoms with Gasteiger partial charge in [0.25, 0.3) is 0 Å². The molecule has 1 aromatic rings. The van der Waals surface area contributed by atoms with Gasteiger partial charge in [0.1, 0.15) is 11.6 Å². The molecule has 0 aromatic heterocycles. The Labute approximate surface area is 112 Å². The molecule has 3 nitrogen and oxygen atoms in total. The molecule has 0 fully saturated rings. The van der Waals surface area contributed by atoms with Crippen LogP contribution >= 0.6 is 0 Å². The molecular weight excluding hydrogens is 253 g/mol. The lowest BCUT2D eigenvalue weighted by atomic mass is 9.81. The lowest BCUT2D eigenvalue weighted by molar-refractivity contribution is -0.0894. The smallest absolute Gasteiger partial charge is 0.315 e. The van der Waals surface area contributed by atoms with E-state index < -0.39 is 29.4 Å². The van der Waals surface area contributed by atoms with E-state index in [4.69, 9.17) is 9.76 Å². The predicted molar refractivity (Wildman–Crippen MR) is 70.5 cm³/mol. The van der Waals surface area contributed by atoms with Gasteiger partial charge in [-0.15, -0.1) is 0 Å². The minimum absolute atomic E-state index is 0.167. The molecule has 6 heteroatoms. The fraction of sp³-hybridized carbons (Fsp3) is 0.538. The van der Waals surface area contributed by atoms with Gasteiger partial charge in [-0.3, -0.25) is 0 Å². The molecule has 0 aliphatic heterocycles. The molecule has 0 bridgehead atoms. The fourth-order valence-electron chi connectivity index (χ4n) is 1.31. The molecule has 1 rings (SSSR count). The van der Waals surface area contributed by atoms with Gasteiger partial charge < -0.3 is 14.9 Å². The molecule has 0 unspecified atom stereocenters. The second-order valence-electron chi connectivity index (χ2n) is 5.55. The monoisotopic (exact) mass is 272 g/mol. The third-order valence-corrected chi connectivity index (χ3v) is 3.43. The van der Waals surface area contributed by atoms with Crippen LogP contribution in [0.5, 0.6) is 0 Å². The second kappa shape index (κ2) is 5.57. The van der Waals surface area contributed by atoms with Crippen molar-refractivity contribution in [3.63, 3.8) is 0 Å². The van der Waals surface area contributed by atoms with Crippen molar-refractivity contribution in [3.05, 3.63) is 29.3 Å². The zero-order valence-corrected chi connectivity index (χ0v) is 11.6. The summed E-state index contributed by atoms with van der Waals surface area (Å²) in [4.78, 5) is 0. The Morgan fingerprint density at radius 1 is 1.16 bits per heavy atom. The van der Waals surface area contributed by atoms with Crippen molar-refractivity contribution in [1.82, 2.24) is 0 Å². The Balaban J connectivity index is 2.90. The third kappa shape index (κ3) is 3.75. The van der Waals surface area contributed by atoms with Gasteiger partial charge >= 0.3 is 7.48 Å². The van der Waals surface area contributed by atoms with E-state index in [1.807, 2.05) is 0 Å². The summed E-state index contributed by atoms with van der Waals surface area (Å²) < 4.78 is 32.8. The molecular formula is C13H19BF2O3. The third-order valence-electron chi connectivity index (χ3n) is 3.43. The summed E-state index contributed by atoms with van der Waals surface area (Å²) >= 11 is 0. The number of halogens is 2. The van der Waals surface area contributed by atoms with E-state index in [-0.39, 0.29) is 18.5 Å². The van der Waals surface area contributed by atoms with Gasteiger partial charge in [0.2, 0.25) is 0 Å². The molecule has 0 saturated heterocycles. The Hall–Kier alpha value is -0.975. The first-order valence-corrected chi connectivity index (χ1v) is 6.02. The summed E-state index contributed by atoms with van der Waals surface area (Å²) in [5.41, 5.74) is -2.15. The topological polar surface area (TPSA) is 49.7 Å². The van der Waals surface area contributed by atoms with Crippen molar-refractivity contribution >= 4 is 12.9 Å². The average molecular weight is 272 g/mol. The van der Waals surface area contributed by atoms with E-state index in [0.29, 0.717) is 0 Å². The van der Waals surface area contributed by atoms with Gasteiger partial charge in [-0.1, -0.05) is 0 Å². The molecule has 0 atom stereocenters. The first-order chi connectivity index (χ1) is 8.58. The van der Waals surface area contributed by atoms with Crippen LogP contribution in [0.4, 0.5) is 8.78 Å². The summed E-state index contributed by atoms with van der Waals surface area (Å²) in [5.74, 6) is -1.54. The van der Waals surface area contributed by atoms with Gasteiger partial charge in [0.15, 0.2) is 0 Å². The molecule has 2 N–H and O–H groups in total. The van der Waals surface area contributed by atoms with Crippen molar-refractivity contribution in [1.29, 1.82) is 0 Å². The van der Waals surface area contributed by atoms with Crippen LogP contribution in [0.25, 0.3) is 0 Å². The molecule has 0 heterocycles. The van der Waals surface area contributed by atoms with E-state index in [2.05, 4.69) is 0 Å². The van der Waals surface area contributed by atoms with Crippen LogP contribution in [-0.2, 0) is 11.3 Å². The SMILES string of the molecule is CC(C)(O)C(C)(C)OBc1c(F)cc(CO)cc1F. The summed E-state index contributed by atoms with van der Waals surface area (Å²) in [5, 5.41) is 18.7. The van der Waals surface area contributed by atoms with Crippen molar-refractivity contribution < 1.29 is 23.6 Å². The first kappa shape index (κ1) is 16.1. The van der Waals surface area contributed by atoms with Crippen LogP contribution < -0.4 is 5.46 Å². The minimum Gasteiger partial charge on any atom is -0.427 e. The van der Waals surface area contributed by atoms with Gasteiger partial charge in [-0.2, -0.15) is 0 Å². The standard InChI is InChI=1S/C13H19BF2O3/c1-12(2,18)13(3,4)19-14-11-9(15)5-8(7-17)6-10(11)16/h5-6,14,17-18H,7H2,1-4H3. The fourth-order valence-corrected chi connectivity index (χ4v) is 1.31. The van der Waals surface area contributed by atoms with Crippen LogP contribution in [0.3, 0.4) is 0 Å². The molecule has 0 amide bonds. The van der Waals surface area contributed by atoms with Crippen molar-refractivity contribution in [3.8, 4) is 0 Å². The van der Waals surface area contributed by atoms with Gasteiger partial charge in [-0.25, -0.2) is 8.78 Å². The number of aliphatic hydroxyl groups is 2. The number of rotatable bonds is 5. The molecule has 106 valence electrons. The second-order valence-corrected chi connectivity index (χ2v) is 5.55. The number of hydrogen-bond donors (Lipinski definition) is 2. The highest BCUT2D eigenvalue weighted by molar-refractivity contribution is 6.47. The maximum absolute atomic E-state index is 13.7. The summed E-state index contributed by atoms with van der Waals surface area (Å²) in [6.45, 7) is 5.99. The van der Waals surface area contributed by atoms with Gasteiger partial charge in [0, 0.05) is 5.46 Å². The van der Waals surface area contributed by atoms with Crippen LogP contribution in [0.2, 0.25) is 0 Å². The summed E-state index contributed by atoms with van der Waals surface area (Å²) in [7, 11) is -0.291. The Kier molecular flexibility index (Phi) is 4.71. The summed E-state index contributed by atoms with van der Waals surface area (Å²) in [6.07, 6.45) is 0. The largest absolute Gasteiger partial charge is 0.427 e. The molecule has 1 aromatic carbocycles. The maximum Gasteiger partial charge on any atom is 0.315 e. The number of hydrogen-bond acceptors (Lipinski definition) is 3. The highest BCUT2D eigenvalue weighted by Gasteiger charge is 2.36. The zero-order valence-electron chi connectivity index (χ0n) is 11.6. The molecule has 0 spiro atoms. The normalized spacial score (nSPS) is 12.6. The molecule has 0 aliphatic rings. The van der Waals surface area contributed by atoms with E-state index >= 15 is 0 Å². The van der Waals surface area contributed by atoms with E-state index in [1.165, 1.54) is 0 Å². The highest BCUT2D eigenvalue weighted by Crippen LogP contribution is 2.24. The molecule has 19 heavy (non-hydrogen) atoms. The van der Waals surface area contributed by atoms with Crippen LogP contribution in [0.15, 0.2) is 12.1 Å². The molecule has 0 radical (unpaired) electrons. The van der Waals surface area contributed by atoms with Crippen molar-refractivity contribution in [2.75, 3.05) is 0 Å². The van der Waals surface area contributed by atoms with Crippen LogP contribution in [-0.4, -0.2) is 28.9 Å². The molecule has 0 aliphatic carbocycles. The zero-order chi connectivity index (χ0) is 14.8. The Morgan fingerprint density at radius 2 is 1.63 bits per heavy atom. The van der Waals surface area contributed by atoms with E-state index in [0.717, 1.165) is 12.1 Å². The van der Waals surface area contributed by atoms with Crippen molar-refractivity contribution in [2.45, 2.75) is 45.5 Å². The quantitative estimate of drug-likeness (QED) is 0.786. The van der Waals surface area contributed by atoms with Gasteiger partial charge in [-0.05, 0) is 45.4 Å². The average Bonchev–Trinajstić information content (AvgIpc) is 2.25. The summed E-state index contributed by atoms with van der Waals surface area (Å²) in [6, 6.07) is 2.14. The predicted octanol–water partition coefficient (Wildman–Crippen LogP) is 1.00. The van der Waals surface area contributed by atoms with Crippen LogP contribution in [0, 0.1) is 11.6 Å². The van der Waals surface area contributed by atoms with Crippen molar-refractivity contribution in [2.24, 2.45) is 0 Å². The lowest BCUT2D eigenvalue weighted by Gasteiger charge is -2.37. The minimum atomic E-state index is -1.15. The maximum atomic E-state index is 13.7. The lowest BCUT2D eigenvalue weighted by Crippen LogP contribution is -2.49. The van der Waals surface area contributed by atoms with Gasteiger partial charge in [0.05, 0.1) is 17.8 Å². The van der Waals surface area contributed by atoms with E-state index in [9.17, 15) is 13.9 Å². The highest BCUT2D eigenvalue weighted by atomic mass is 19.1. The van der Waals surface area contributed by atoms with Crippen LogP contribution in [0.1, 0.15) is 33.3 Å². The first-order valence-electron chi connectivity index (χ1n) is 6.02. The molecule has 0 saturated carbocycles.